The fourth-order valence-electron chi connectivity index (χ4n) is 2.45. The molecule has 2 aromatic carbocycles. The lowest BCUT2D eigenvalue weighted by Gasteiger charge is -2.06. The van der Waals surface area contributed by atoms with Crippen molar-refractivity contribution in [2.75, 3.05) is 0 Å². The largest absolute Gasteiger partial charge is 0.364 e. The van der Waals surface area contributed by atoms with Crippen molar-refractivity contribution >= 4 is 17.5 Å². The topological polar surface area (TPSA) is 60.9 Å². The van der Waals surface area contributed by atoms with Gasteiger partial charge in [-0.2, -0.15) is 5.10 Å². The summed E-state index contributed by atoms with van der Waals surface area (Å²) >= 11 is 5.90. The predicted octanol–water partition coefficient (Wildman–Crippen LogP) is 3.52. The van der Waals surface area contributed by atoms with Crippen molar-refractivity contribution in [2.45, 2.75) is 13.3 Å². The second-order valence-electron chi connectivity index (χ2n) is 5.42. The van der Waals surface area contributed by atoms with Crippen LogP contribution < -0.4 is 5.73 Å². The molecule has 0 radical (unpaired) electrons. The molecule has 0 aliphatic carbocycles. The van der Waals surface area contributed by atoms with Gasteiger partial charge in [-0.15, -0.1) is 0 Å². The van der Waals surface area contributed by atoms with Crippen molar-refractivity contribution in [1.29, 1.82) is 0 Å². The first kappa shape index (κ1) is 15.3. The number of primary amides is 1. The van der Waals surface area contributed by atoms with Gasteiger partial charge in [-0.25, -0.2) is 4.68 Å². The number of carbonyl (C=O) groups excluding carboxylic acids is 1. The molecule has 0 aliphatic heterocycles. The lowest BCUT2D eigenvalue weighted by Crippen LogP contribution is -2.12. The predicted molar refractivity (Wildman–Crippen MR) is 91.1 cm³/mol. The number of hydrogen-bond acceptors (Lipinski definition) is 2. The Morgan fingerprint density at radius 1 is 1.09 bits per heavy atom. The molecule has 0 unspecified atom stereocenters. The van der Waals surface area contributed by atoms with Gasteiger partial charge in [-0.1, -0.05) is 35.9 Å². The number of amides is 1. The molecule has 23 heavy (non-hydrogen) atoms. The number of nitrogens with zero attached hydrogens (tertiary/aromatic N) is 2. The Balaban J connectivity index is 1.82. The highest BCUT2D eigenvalue weighted by molar-refractivity contribution is 6.30. The molecule has 3 rings (SSSR count). The summed E-state index contributed by atoms with van der Waals surface area (Å²) in [5, 5.41) is 4.97. The summed E-state index contributed by atoms with van der Waals surface area (Å²) < 4.78 is 1.71. The molecule has 5 heteroatoms. The normalized spacial score (nSPS) is 10.7. The Bertz CT molecular complexity index is 836. The van der Waals surface area contributed by atoms with E-state index in [4.69, 9.17) is 17.3 Å². The van der Waals surface area contributed by atoms with Crippen LogP contribution in [0.5, 0.6) is 0 Å². The van der Waals surface area contributed by atoms with Gasteiger partial charge in [0, 0.05) is 10.7 Å². The third kappa shape index (κ3) is 3.43. The number of benzene rings is 2. The highest BCUT2D eigenvalue weighted by Gasteiger charge is 2.10. The zero-order valence-electron chi connectivity index (χ0n) is 12.7. The second kappa shape index (κ2) is 6.26. The van der Waals surface area contributed by atoms with Crippen LogP contribution in [0.3, 0.4) is 0 Å². The van der Waals surface area contributed by atoms with Crippen LogP contribution in [0.2, 0.25) is 5.02 Å². The van der Waals surface area contributed by atoms with Gasteiger partial charge in [0.15, 0.2) is 5.69 Å². The van der Waals surface area contributed by atoms with E-state index in [1.54, 1.807) is 10.7 Å². The van der Waals surface area contributed by atoms with Gasteiger partial charge in [0.05, 0.1) is 5.69 Å². The van der Waals surface area contributed by atoms with Crippen LogP contribution >= 0.6 is 11.6 Å². The number of rotatable bonds is 4. The Morgan fingerprint density at radius 3 is 2.17 bits per heavy atom. The van der Waals surface area contributed by atoms with Gasteiger partial charge < -0.3 is 5.73 Å². The van der Waals surface area contributed by atoms with Gasteiger partial charge in [0.2, 0.25) is 0 Å². The molecule has 116 valence electrons. The van der Waals surface area contributed by atoms with Crippen LogP contribution in [0.4, 0.5) is 0 Å². The summed E-state index contributed by atoms with van der Waals surface area (Å²) in [6.45, 7) is 1.89. The molecule has 1 aromatic heterocycles. The van der Waals surface area contributed by atoms with E-state index in [0.29, 0.717) is 0 Å². The minimum absolute atomic E-state index is 0.271. The lowest BCUT2D eigenvalue weighted by molar-refractivity contribution is 0.0995. The maximum absolute atomic E-state index is 11.2. The van der Waals surface area contributed by atoms with Crippen molar-refractivity contribution in [2.24, 2.45) is 5.73 Å². The lowest BCUT2D eigenvalue weighted by atomic mass is 10.0. The molecule has 0 saturated carbocycles. The number of hydrogen-bond donors (Lipinski definition) is 1. The zero-order valence-corrected chi connectivity index (χ0v) is 13.4. The summed E-state index contributed by atoms with van der Waals surface area (Å²) in [6.07, 6.45) is 0.835. The van der Waals surface area contributed by atoms with E-state index in [1.807, 2.05) is 43.3 Å². The average molecular weight is 326 g/mol. The maximum Gasteiger partial charge on any atom is 0.269 e. The van der Waals surface area contributed by atoms with E-state index in [-0.39, 0.29) is 5.69 Å². The molecule has 0 saturated heterocycles. The average Bonchev–Trinajstić information content (AvgIpc) is 2.93. The molecule has 1 heterocycles. The summed E-state index contributed by atoms with van der Waals surface area (Å²) in [7, 11) is 0. The SMILES string of the molecule is Cc1cc(C(N)=O)nn1-c1ccc(Cc2ccc(Cl)cc2)cc1. The van der Waals surface area contributed by atoms with Gasteiger partial charge in [0.1, 0.15) is 0 Å². The highest BCUT2D eigenvalue weighted by atomic mass is 35.5. The van der Waals surface area contributed by atoms with Crippen molar-refractivity contribution in [1.82, 2.24) is 9.78 Å². The minimum atomic E-state index is -0.522. The fourth-order valence-corrected chi connectivity index (χ4v) is 2.58. The third-order valence-corrected chi connectivity index (χ3v) is 3.89. The standard InChI is InChI=1S/C18H16ClN3O/c1-12-10-17(18(20)23)21-22(12)16-8-4-14(5-9-16)11-13-2-6-15(19)7-3-13/h2-10H,11H2,1H3,(H2,20,23). The van der Waals surface area contributed by atoms with Crippen LogP contribution in [0.1, 0.15) is 27.3 Å². The van der Waals surface area contributed by atoms with Crippen molar-refractivity contribution in [3.8, 4) is 5.69 Å². The summed E-state index contributed by atoms with van der Waals surface area (Å²) in [6, 6.07) is 17.6. The summed E-state index contributed by atoms with van der Waals surface area (Å²) in [4.78, 5) is 11.2. The second-order valence-corrected chi connectivity index (χ2v) is 5.85. The summed E-state index contributed by atoms with van der Waals surface area (Å²) in [5.74, 6) is -0.522. The first-order chi connectivity index (χ1) is 11.0. The van der Waals surface area contributed by atoms with Crippen LogP contribution in [0.15, 0.2) is 54.6 Å². The molecule has 2 N–H and O–H groups in total. The first-order valence-electron chi connectivity index (χ1n) is 7.23. The van der Waals surface area contributed by atoms with Gasteiger partial charge in [-0.3, -0.25) is 4.79 Å². The number of halogens is 1. The molecule has 0 atom stereocenters. The van der Waals surface area contributed by atoms with Crippen LogP contribution in [0, 0.1) is 6.92 Å². The molecule has 1 amide bonds. The van der Waals surface area contributed by atoms with Crippen LogP contribution in [-0.4, -0.2) is 15.7 Å². The number of aromatic nitrogens is 2. The molecule has 3 aromatic rings. The van der Waals surface area contributed by atoms with E-state index in [0.717, 1.165) is 22.8 Å². The highest BCUT2D eigenvalue weighted by Crippen LogP contribution is 2.17. The number of aryl methyl sites for hydroxylation is 1. The Labute approximate surface area is 139 Å². The quantitative estimate of drug-likeness (QED) is 0.797. The zero-order chi connectivity index (χ0) is 16.4. The van der Waals surface area contributed by atoms with E-state index < -0.39 is 5.91 Å². The third-order valence-electron chi connectivity index (χ3n) is 3.64. The van der Waals surface area contributed by atoms with E-state index >= 15 is 0 Å². The minimum Gasteiger partial charge on any atom is -0.364 e. The Hall–Kier alpha value is -2.59. The number of carbonyl (C=O) groups is 1. The molecule has 4 nitrogen and oxygen atoms in total. The Morgan fingerprint density at radius 2 is 1.65 bits per heavy atom. The molecule has 0 aliphatic rings. The van der Waals surface area contributed by atoms with E-state index in [9.17, 15) is 4.79 Å². The number of nitrogens with two attached hydrogens (primary N) is 1. The van der Waals surface area contributed by atoms with Crippen molar-refractivity contribution in [3.63, 3.8) is 0 Å². The molecule has 0 bridgehead atoms. The maximum atomic E-state index is 11.2. The van der Waals surface area contributed by atoms with Crippen molar-refractivity contribution < 1.29 is 4.79 Å². The summed E-state index contributed by atoms with van der Waals surface area (Å²) in [5.41, 5.74) is 9.70. The van der Waals surface area contributed by atoms with Gasteiger partial charge in [-0.05, 0) is 54.8 Å². The van der Waals surface area contributed by atoms with Crippen LogP contribution in [-0.2, 0) is 6.42 Å². The van der Waals surface area contributed by atoms with E-state index in [2.05, 4.69) is 17.2 Å². The molecular weight excluding hydrogens is 310 g/mol. The monoisotopic (exact) mass is 325 g/mol. The molecular formula is C18H16ClN3O. The van der Waals surface area contributed by atoms with Gasteiger partial charge >= 0.3 is 0 Å². The van der Waals surface area contributed by atoms with Gasteiger partial charge in [0.25, 0.3) is 5.91 Å². The van der Waals surface area contributed by atoms with Crippen LogP contribution in [0.25, 0.3) is 5.69 Å². The smallest absolute Gasteiger partial charge is 0.269 e. The van der Waals surface area contributed by atoms with Crippen molar-refractivity contribution in [3.05, 3.63) is 82.1 Å². The molecule has 0 spiro atoms. The first-order valence-corrected chi connectivity index (χ1v) is 7.61. The van der Waals surface area contributed by atoms with E-state index in [1.165, 1.54) is 11.1 Å². The Kier molecular flexibility index (Phi) is 4.17. The fraction of sp³-hybridized carbons (Fsp3) is 0.111. The molecule has 0 fully saturated rings.